The Hall–Kier alpha value is -6.46. The molecule has 0 saturated heterocycles. The summed E-state index contributed by atoms with van der Waals surface area (Å²) in [5.41, 5.74) is 9.32. The van der Waals surface area contributed by atoms with Crippen molar-refractivity contribution < 1.29 is 4.42 Å². The van der Waals surface area contributed by atoms with Gasteiger partial charge < -0.3 is 4.42 Å². The summed E-state index contributed by atoms with van der Waals surface area (Å²) < 4.78 is 6.66. The molecule has 0 N–H and O–H groups in total. The molecule has 5 heteroatoms. The standard InChI is InChI=1S/C42H26N4O/c1-4-14-27(15-5-1)38-37-33-22-10-11-25-35(33)47-39(37)36-32(23-13-24-34(36)43-38)30-20-12-21-31(26-30)42-45-40(28-16-6-2-7-17-28)44-41(46-42)29-18-8-3-9-19-29/h1-26H. The Bertz CT molecular complexity index is 2500. The number of hydrogen-bond acceptors (Lipinski definition) is 5. The lowest BCUT2D eigenvalue weighted by atomic mass is 9.95. The molecule has 0 amide bonds. The molecule has 0 aliphatic rings. The number of rotatable bonds is 5. The first-order valence-electron chi connectivity index (χ1n) is 15.6. The normalized spacial score (nSPS) is 11.4. The molecule has 9 aromatic rings. The SMILES string of the molecule is c1ccc(-c2nc(-c3ccccc3)nc(-c3cccc(-c4cccc5nc(-c6ccccc6)c6c7ccccc7oc6c45)c3)n2)cc1. The Morgan fingerprint density at radius 2 is 0.915 bits per heavy atom. The molecule has 0 atom stereocenters. The maximum absolute atomic E-state index is 6.66. The molecule has 47 heavy (non-hydrogen) atoms. The molecule has 3 heterocycles. The van der Waals surface area contributed by atoms with Gasteiger partial charge in [-0.2, -0.15) is 0 Å². The van der Waals surface area contributed by atoms with Crippen molar-refractivity contribution in [2.45, 2.75) is 0 Å². The van der Waals surface area contributed by atoms with Gasteiger partial charge in [-0.3, -0.25) is 0 Å². The van der Waals surface area contributed by atoms with Gasteiger partial charge in [-0.25, -0.2) is 19.9 Å². The van der Waals surface area contributed by atoms with Crippen molar-refractivity contribution in [1.82, 2.24) is 19.9 Å². The van der Waals surface area contributed by atoms with Crippen LogP contribution in [-0.2, 0) is 0 Å². The molecule has 0 fully saturated rings. The maximum Gasteiger partial charge on any atom is 0.164 e. The van der Waals surface area contributed by atoms with E-state index in [1.165, 1.54) is 0 Å². The number of para-hydroxylation sites is 1. The zero-order valence-corrected chi connectivity index (χ0v) is 25.2. The van der Waals surface area contributed by atoms with Gasteiger partial charge in [0.05, 0.1) is 22.0 Å². The summed E-state index contributed by atoms with van der Waals surface area (Å²) in [6.45, 7) is 0. The highest BCUT2D eigenvalue weighted by molar-refractivity contribution is 6.22. The molecule has 0 saturated carbocycles. The number of fused-ring (bicyclic) bond motifs is 5. The van der Waals surface area contributed by atoms with Gasteiger partial charge in [-0.15, -0.1) is 0 Å². The summed E-state index contributed by atoms with van der Waals surface area (Å²) >= 11 is 0. The molecule has 0 aliphatic heterocycles. The fraction of sp³-hybridized carbons (Fsp3) is 0. The lowest BCUT2D eigenvalue weighted by molar-refractivity contribution is 0.672. The molecule has 0 aliphatic carbocycles. The van der Waals surface area contributed by atoms with E-state index in [2.05, 4.69) is 60.7 Å². The summed E-state index contributed by atoms with van der Waals surface area (Å²) in [5, 5.41) is 3.04. The van der Waals surface area contributed by atoms with Crippen LogP contribution in [0.3, 0.4) is 0 Å². The van der Waals surface area contributed by atoms with Crippen LogP contribution < -0.4 is 0 Å². The van der Waals surface area contributed by atoms with Gasteiger partial charge in [0.2, 0.25) is 0 Å². The highest BCUT2D eigenvalue weighted by Gasteiger charge is 2.20. The molecular formula is C42H26N4O. The van der Waals surface area contributed by atoms with E-state index in [1.807, 2.05) is 97.1 Å². The predicted molar refractivity (Wildman–Crippen MR) is 190 cm³/mol. The van der Waals surface area contributed by atoms with Crippen molar-refractivity contribution in [1.29, 1.82) is 0 Å². The average molecular weight is 603 g/mol. The monoisotopic (exact) mass is 602 g/mol. The summed E-state index contributed by atoms with van der Waals surface area (Å²) in [6.07, 6.45) is 0. The molecule has 6 aromatic carbocycles. The third-order valence-electron chi connectivity index (χ3n) is 8.51. The summed E-state index contributed by atoms with van der Waals surface area (Å²) in [7, 11) is 0. The minimum absolute atomic E-state index is 0.609. The highest BCUT2D eigenvalue weighted by Crippen LogP contribution is 2.43. The second-order valence-corrected chi connectivity index (χ2v) is 11.4. The molecule has 0 radical (unpaired) electrons. The van der Waals surface area contributed by atoms with Gasteiger partial charge in [0.1, 0.15) is 11.2 Å². The van der Waals surface area contributed by atoms with Gasteiger partial charge in [0.15, 0.2) is 17.5 Å². The van der Waals surface area contributed by atoms with Crippen molar-refractivity contribution in [3.05, 3.63) is 158 Å². The second-order valence-electron chi connectivity index (χ2n) is 11.4. The quantitative estimate of drug-likeness (QED) is 0.196. The molecule has 5 nitrogen and oxygen atoms in total. The largest absolute Gasteiger partial charge is 0.455 e. The van der Waals surface area contributed by atoms with Gasteiger partial charge in [0.25, 0.3) is 0 Å². The van der Waals surface area contributed by atoms with Crippen molar-refractivity contribution in [3.63, 3.8) is 0 Å². The van der Waals surface area contributed by atoms with Crippen LogP contribution in [0.25, 0.3) is 89.4 Å². The van der Waals surface area contributed by atoms with Gasteiger partial charge in [0, 0.05) is 27.6 Å². The van der Waals surface area contributed by atoms with Gasteiger partial charge in [-0.1, -0.05) is 140 Å². The highest BCUT2D eigenvalue weighted by atomic mass is 16.3. The Kier molecular flexibility index (Phi) is 6.39. The molecule has 9 rings (SSSR count). The third kappa shape index (κ3) is 4.73. The molecular weight excluding hydrogens is 576 g/mol. The Balaban J connectivity index is 1.26. The lowest BCUT2D eigenvalue weighted by Gasteiger charge is -2.12. The number of hydrogen-bond donors (Lipinski definition) is 0. The van der Waals surface area contributed by atoms with E-state index in [1.54, 1.807) is 0 Å². The van der Waals surface area contributed by atoms with Crippen molar-refractivity contribution in [2.75, 3.05) is 0 Å². The number of aromatic nitrogens is 4. The van der Waals surface area contributed by atoms with Crippen LogP contribution in [0.1, 0.15) is 0 Å². The van der Waals surface area contributed by atoms with Crippen LogP contribution >= 0.6 is 0 Å². The van der Waals surface area contributed by atoms with Crippen LogP contribution in [0.5, 0.6) is 0 Å². The van der Waals surface area contributed by atoms with E-state index in [-0.39, 0.29) is 0 Å². The van der Waals surface area contributed by atoms with E-state index in [4.69, 9.17) is 24.4 Å². The van der Waals surface area contributed by atoms with E-state index >= 15 is 0 Å². The Morgan fingerprint density at radius 1 is 0.383 bits per heavy atom. The summed E-state index contributed by atoms with van der Waals surface area (Å²) in [5.74, 6) is 1.87. The van der Waals surface area contributed by atoms with Gasteiger partial charge >= 0.3 is 0 Å². The summed E-state index contributed by atoms with van der Waals surface area (Å²) in [6, 6.07) is 53.2. The predicted octanol–water partition coefficient (Wildman–Crippen LogP) is 10.7. The number of furan rings is 1. The fourth-order valence-corrected chi connectivity index (χ4v) is 6.31. The minimum atomic E-state index is 0.609. The maximum atomic E-state index is 6.66. The van der Waals surface area contributed by atoms with E-state index in [9.17, 15) is 0 Å². The molecule has 220 valence electrons. The zero-order chi connectivity index (χ0) is 31.2. The Morgan fingerprint density at radius 3 is 1.60 bits per heavy atom. The first-order valence-corrected chi connectivity index (χ1v) is 15.6. The molecule has 0 unspecified atom stereocenters. The second kappa shape index (κ2) is 11.2. The zero-order valence-electron chi connectivity index (χ0n) is 25.2. The topological polar surface area (TPSA) is 64.7 Å². The van der Waals surface area contributed by atoms with Crippen LogP contribution in [0.2, 0.25) is 0 Å². The Labute approximate surface area is 270 Å². The number of nitrogens with zero attached hydrogens (tertiary/aromatic N) is 4. The molecule has 0 spiro atoms. The number of pyridine rings is 1. The van der Waals surface area contributed by atoms with Crippen LogP contribution in [-0.4, -0.2) is 19.9 Å². The molecule has 3 aromatic heterocycles. The third-order valence-corrected chi connectivity index (χ3v) is 8.51. The average Bonchev–Trinajstić information content (AvgIpc) is 3.55. The first kappa shape index (κ1) is 26.9. The van der Waals surface area contributed by atoms with E-state index < -0.39 is 0 Å². The first-order chi connectivity index (χ1) is 23.3. The van der Waals surface area contributed by atoms with E-state index in [0.29, 0.717) is 17.5 Å². The fourth-order valence-electron chi connectivity index (χ4n) is 6.31. The van der Waals surface area contributed by atoms with Crippen LogP contribution in [0, 0.1) is 0 Å². The smallest absolute Gasteiger partial charge is 0.164 e. The van der Waals surface area contributed by atoms with Crippen LogP contribution in [0.4, 0.5) is 0 Å². The van der Waals surface area contributed by atoms with Crippen LogP contribution in [0.15, 0.2) is 162 Å². The number of benzene rings is 6. The minimum Gasteiger partial charge on any atom is -0.455 e. The van der Waals surface area contributed by atoms with Crippen molar-refractivity contribution in [2.24, 2.45) is 0 Å². The lowest BCUT2D eigenvalue weighted by Crippen LogP contribution is -2.00. The summed E-state index contributed by atoms with van der Waals surface area (Å²) in [4.78, 5) is 20.1. The van der Waals surface area contributed by atoms with Gasteiger partial charge in [-0.05, 0) is 29.3 Å². The molecule has 0 bridgehead atoms. The van der Waals surface area contributed by atoms with Crippen molar-refractivity contribution in [3.8, 4) is 56.5 Å². The van der Waals surface area contributed by atoms with E-state index in [0.717, 1.165) is 71.9 Å². The van der Waals surface area contributed by atoms with Crippen molar-refractivity contribution >= 4 is 32.8 Å².